The van der Waals surface area contributed by atoms with Gasteiger partial charge in [0.15, 0.2) is 0 Å². The lowest BCUT2D eigenvalue weighted by Gasteiger charge is -2.14. The van der Waals surface area contributed by atoms with E-state index in [0.717, 1.165) is 25.7 Å². The summed E-state index contributed by atoms with van der Waals surface area (Å²) in [5.74, 6) is 0.555. The maximum absolute atomic E-state index is 4.09. The van der Waals surface area contributed by atoms with E-state index in [1.54, 1.807) is 0 Å². The van der Waals surface area contributed by atoms with Crippen molar-refractivity contribution in [3.05, 3.63) is 72.2 Å². The van der Waals surface area contributed by atoms with E-state index in [2.05, 4.69) is 70.5 Å². The largest absolute Gasteiger partial charge is 0.366 e. The zero-order valence-corrected chi connectivity index (χ0v) is 15.8. The van der Waals surface area contributed by atoms with Gasteiger partial charge in [0.2, 0.25) is 0 Å². The van der Waals surface area contributed by atoms with Crippen LogP contribution >= 0.6 is 0 Å². The average molecular weight is 314 g/mol. The lowest BCUT2D eigenvalue weighted by molar-refractivity contribution is 0.610. The van der Waals surface area contributed by atoms with E-state index in [-0.39, 0.29) is 0 Å². The third kappa shape index (κ3) is 9.78. The highest BCUT2D eigenvalue weighted by atomic mass is 14.8. The minimum atomic E-state index is 0.555. The Morgan fingerprint density at radius 3 is 2.48 bits per heavy atom. The van der Waals surface area contributed by atoms with Gasteiger partial charge in [0.05, 0.1) is 0 Å². The molecule has 0 rings (SSSR count). The first kappa shape index (κ1) is 21.2. The van der Waals surface area contributed by atoms with Gasteiger partial charge in [-0.2, -0.15) is 0 Å². The second-order valence-corrected chi connectivity index (χ2v) is 6.04. The molecule has 1 heteroatoms. The molecular weight excluding hydrogens is 278 g/mol. The van der Waals surface area contributed by atoms with Crippen molar-refractivity contribution in [3.63, 3.8) is 0 Å². The van der Waals surface area contributed by atoms with Gasteiger partial charge in [-0.05, 0) is 64.1 Å². The number of nitrogens with one attached hydrogen (secondary N) is 1. The summed E-state index contributed by atoms with van der Waals surface area (Å²) in [6.07, 6.45) is 16.9. The summed E-state index contributed by atoms with van der Waals surface area (Å²) in [6.45, 7) is 18.7. The van der Waals surface area contributed by atoms with Crippen LogP contribution in [0.5, 0.6) is 0 Å². The van der Waals surface area contributed by atoms with Crippen LogP contribution in [0.2, 0.25) is 0 Å². The topological polar surface area (TPSA) is 12.0 Å². The van der Waals surface area contributed by atoms with Crippen LogP contribution in [0.15, 0.2) is 72.2 Å². The van der Waals surface area contributed by atoms with E-state index in [9.17, 15) is 0 Å². The quantitative estimate of drug-likeness (QED) is 0.325. The highest BCUT2D eigenvalue weighted by Crippen LogP contribution is 2.21. The molecule has 1 nitrogen and oxygen atoms in total. The molecule has 0 aromatic heterocycles. The van der Waals surface area contributed by atoms with E-state index in [1.165, 1.54) is 22.4 Å². The summed E-state index contributed by atoms with van der Waals surface area (Å²) >= 11 is 0. The molecule has 0 saturated heterocycles. The van der Waals surface area contributed by atoms with Crippen molar-refractivity contribution in [2.75, 3.05) is 0 Å². The Bertz CT molecular complexity index is 486. The van der Waals surface area contributed by atoms with Crippen molar-refractivity contribution in [1.82, 2.24) is 5.32 Å². The van der Waals surface area contributed by atoms with Gasteiger partial charge >= 0.3 is 0 Å². The van der Waals surface area contributed by atoms with E-state index in [0.29, 0.717) is 5.92 Å². The zero-order valence-electron chi connectivity index (χ0n) is 15.8. The summed E-state index contributed by atoms with van der Waals surface area (Å²) < 4.78 is 0. The van der Waals surface area contributed by atoms with Gasteiger partial charge in [-0.25, -0.2) is 0 Å². The van der Waals surface area contributed by atoms with Gasteiger partial charge < -0.3 is 5.32 Å². The second kappa shape index (κ2) is 12.8. The highest BCUT2D eigenvalue weighted by molar-refractivity contribution is 5.31. The fourth-order valence-corrected chi connectivity index (χ4v) is 2.12. The maximum atomic E-state index is 4.09. The Kier molecular flexibility index (Phi) is 11.8. The number of hydrogen-bond acceptors (Lipinski definition) is 1. The van der Waals surface area contributed by atoms with Crippen molar-refractivity contribution < 1.29 is 0 Å². The highest BCUT2D eigenvalue weighted by Gasteiger charge is 2.06. The molecule has 1 atom stereocenters. The van der Waals surface area contributed by atoms with Crippen LogP contribution in [0.25, 0.3) is 0 Å². The summed E-state index contributed by atoms with van der Waals surface area (Å²) in [7, 11) is 0. The van der Waals surface area contributed by atoms with Crippen molar-refractivity contribution in [1.29, 1.82) is 0 Å². The standard InChI is InChI=1S/C22H35N/c1-8-13-22(16-15-19(5)18(4)9-2)20(6)14-11-12-17-23-21(7)10-3/h8,10,12,15-17,20,23H,1,4,9,11,13-14H2,2-3,5-7H3/b17-12+,19-15+,21-10+,22-16+. The predicted octanol–water partition coefficient (Wildman–Crippen LogP) is 6.84. The Labute approximate surface area is 144 Å². The maximum Gasteiger partial charge on any atom is 0.00713 e. The molecular formula is C22H35N. The molecule has 0 bridgehead atoms. The van der Waals surface area contributed by atoms with Crippen molar-refractivity contribution in [3.8, 4) is 0 Å². The van der Waals surface area contributed by atoms with Crippen LogP contribution in [0.1, 0.15) is 60.3 Å². The van der Waals surface area contributed by atoms with Crippen LogP contribution in [-0.4, -0.2) is 0 Å². The third-order valence-corrected chi connectivity index (χ3v) is 4.17. The van der Waals surface area contributed by atoms with Crippen LogP contribution in [-0.2, 0) is 0 Å². The fraction of sp³-hybridized carbons (Fsp3) is 0.455. The first-order chi connectivity index (χ1) is 11.0. The molecule has 0 spiro atoms. The molecule has 0 fully saturated rings. The molecule has 0 heterocycles. The Morgan fingerprint density at radius 1 is 1.22 bits per heavy atom. The van der Waals surface area contributed by atoms with Gasteiger partial charge in [0, 0.05) is 5.70 Å². The van der Waals surface area contributed by atoms with Crippen molar-refractivity contribution >= 4 is 0 Å². The van der Waals surface area contributed by atoms with Crippen molar-refractivity contribution in [2.24, 2.45) is 5.92 Å². The average Bonchev–Trinajstić information content (AvgIpc) is 2.56. The number of hydrogen-bond donors (Lipinski definition) is 1. The summed E-state index contributed by atoms with van der Waals surface area (Å²) in [6, 6.07) is 0. The normalized spacial score (nSPS) is 14.9. The summed E-state index contributed by atoms with van der Waals surface area (Å²) in [5.41, 5.74) is 5.10. The van der Waals surface area contributed by atoms with Gasteiger partial charge in [-0.15, -0.1) is 6.58 Å². The van der Waals surface area contributed by atoms with Gasteiger partial charge in [0.25, 0.3) is 0 Å². The SMILES string of the molecule is C=CC/C(=C\C=C(/C)C(=C)CC)C(C)CC/C=C/N/C(C)=C/C. The van der Waals surface area contributed by atoms with Crippen LogP contribution in [0.4, 0.5) is 0 Å². The molecule has 0 aliphatic rings. The van der Waals surface area contributed by atoms with E-state index >= 15 is 0 Å². The molecule has 0 aliphatic carbocycles. The number of allylic oxidation sites excluding steroid dienone is 9. The van der Waals surface area contributed by atoms with Gasteiger partial charge in [0.1, 0.15) is 0 Å². The lowest BCUT2D eigenvalue weighted by Crippen LogP contribution is -2.01. The second-order valence-electron chi connectivity index (χ2n) is 6.04. The van der Waals surface area contributed by atoms with E-state index in [4.69, 9.17) is 0 Å². The Balaban J connectivity index is 4.65. The van der Waals surface area contributed by atoms with Crippen LogP contribution in [0.3, 0.4) is 0 Å². The van der Waals surface area contributed by atoms with Gasteiger partial charge in [-0.1, -0.05) is 62.0 Å². The molecule has 1 N–H and O–H groups in total. The molecule has 0 aliphatic heterocycles. The monoisotopic (exact) mass is 313 g/mol. The minimum absolute atomic E-state index is 0.555. The zero-order chi connectivity index (χ0) is 17.7. The van der Waals surface area contributed by atoms with Crippen LogP contribution < -0.4 is 5.32 Å². The number of rotatable bonds is 11. The van der Waals surface area contributed by atoms with E-state index in [1.807, 2.05) is 19.2 Å². The molecule has 0 aromatic carbocycles. The molecule has 128 valence electrons. The molecule has 0 saturated carbocycles. The minimum Gasteiger partial charge on any atom is -0.366 e. The molecule has 0 aromatic rings. The Morgan fingerprint density at radius 2 is 1.91 bits per heavy atom. The molecule has 0 radical (unpaired) electrons. The molecule has 1 unspecified atom stereocenters. The lowest BCUT2D eigenvalue weighted by atomic mass is 9.92. The van der Waals surface area contributed by atoms with E-state index < -0.39 is 0 Å². The fourth-order valence-electron chi connectivity index (χ4n) is 2.12. The molecule has 23 heavy (non-hydrogen) atoms. The summed E-state index contributed by atoms with van der Waals surface area (Å²) in [4.78, 5) is 0. The van der Waals surface area contributed by atoms with Gasteiger partial charge in [-0.3, -0.25) is 0 Å². The van der Waals surface area contributed by atoms with Crippen molar-refractivity contribution in [2.45, 2.75) is 60.3 Å². The summed E-state index contributed by atoms with van der Waals surface area (Å²) in [5, 5.41) is 3.25. The predicted molar refractivity (Wildman–Crippen MR) is 106 cm³/mol. The third-order valence-electron chi connectivity index (χ3n) is 4.17. The smallest absolute Gasteiger partial charge is 0.00713 e. The Hall–Kier alpha value is -1.76. The first-order valence-electron chi connectivity index (χ1n) is 8.67. The molecule has 0 amide bonds. The van der Waals surface area contributed by atoms with Crippen LogP contribution in [0, 0.1) is 5.92 Å². The first-order valence-corrected chi connectivity index (χ1v) is 8.67.